The Morgan fingerprint density at radius 1 is 1.07 bits per heavy atom. The standard InChI is InChI=1S/C21H15F2N5OS/c22-18(23)11-29-15-6-4-13(5-7-15)19-16(9-24)20(26)28-21(17(19)10-25)30-12-14-3-1-2-8-27-14/h1-8,18H,11-12H2,(H2,26,28). The number of hydrogen-bond acceptors (Lipinski definition) is 7. The number of nitrogen functional groups attached to an aromatic ring is 1. The molecule has 2 heterocycles. The highest BCUT2D eigenvalue weighted by atomic mass is 32.2. The lowest BCUT2D eigenvalue weighted by Crippen LogP contribution is -2.07. The zero-order chi connectivity index (χ0) is 21.5. The first-order valence-corrected chi connectivity index (χ1v) is 9.69. The Morgan fingerprint density at radius 2 is 1.80 bits per heavy atom. The fourth-order valence-electron chi connectivity index (χ4n) is 2.69. The largest absolute Gasteiger partial charge is 0.488 e. The van der Waals surface area contributed by atoms with Crippen LogP contribution in [0.1, 0.15) is 16.8 Å². The number of nitriles is 2. The van der Waals surface area contributed by atoms with Gasteiger partial charge in [0, 0.05) is 17.5 Å². The van der Waals surface area contributed by atoms with Crippen molar-refractivity contribution in [3.8, 4) is 29.0 Å². The number of aromatic nitrogens is 2. The van der Waals surface area contributed by atoms with Crippen molar-refractivity contribution in [3.63, 3.8) is 0 Å². The molecule has 0 unspecified atom stereocenters. The number of halogens is 2. The van der Waals surface area contributed by atoms with Crippen LogP contribution in [-0.4, -0.2) is 23.0 Å². The predicted octanol–water partition coefficient (Wildman–Crippen LogP) is 4.41. The number of thioether (sulfide) groups is 1. The lowest BCUT2D eigenvalue weighted by Gasteiger charge is -2.13. The van der Waals surface area contributed by atoms with E-state index in [0.717, 1.165) is 5.69 Å². The number of anilines is 1. The van der Waals surface area contributed by atoms with Gasteiger partial charge in [-0.1, -0.05) is 30.0 Å². The number of nitrogens with two attached hydrogens (primary N) is 1. The molecule has 0 spiro atoms. The number of ether oxygens (including phenoxy) is 1. The van der Waals surface area contributed by atoms with Crippen LogP contribution in [0, 0.1) is 22.7 Å². The van der Waals surface area contributed by atoms with E-state index in [0.29, 0.717) is 21.9 Å². The molecule has 0 aliphatic carbocycles. The Balaban J connectivity index is 1.99. The average Bonchev–Trinajstić information content (AvgIpc) is 2.76. The van der Waals surface area contributed by atoms with Gasteiger partial charge in [-0.3, -0.25) is 4.98 Å². The second-order valence-electron chi connectivity index (χ2n) is 5.99. The number of benzene rings is 1. The summed E-state index contributed by atoms with van der Waals surface area (Å²) in [7, 11) is 0. The molecule has 0 aliphatic heterocycles. The molecule has 3 rings (SSSR count). The van der Waals surface area contributed by atoms with Gasteiger partial charge in [-0.25, -0.2) is 13.8 Å². The SMILES string of the molecule is N#Cc1c(N)nc(SCc2ccccn2)c(C#N)c1-c1ccc(OCC(F)F)cc1. The maximum Gasteiger partial charge on any atom is 0.272 e. The Labute approximate surface area is 176 Å². The minimum Gasteiger partial charge on any atom is -0.488 e. The number of nitrogens with zero attached hydrogens (tertiary/aromatic N) is 4. The summed E-state index contributed by atoms with van der Waals surface area (Å²) in [5.74, 6) is 0.726. The van der Waals surface area contributed by atoms with E-state index in [4.69, 9.17) is 10.5 Å². The molecule has 2 aromatic heterocycles. The number of hydrogen-bond donors (Lipinski definition) is 1. The van der Waals surface area contributed by atoms with Gasteiger partial charge in [0.05, 0.1) is 11.3 Å². The van der Waals surface area contributed by atoms with Crippen molar-refractivity contribution >= 4 is 17.6 Å². The van der Waals surface area contributed by atoms with Crippen LogP contribution in [0.25, 0.3) is 11.1 Å². The molecule has 0 saturated carbocycles. The molecule has 6 nitrogen and oxygen atoms in total. The van der Waals surface area contributed by atoms with E-state index in [-0.39, 0.29) is 22.7 Å². The normalized spacial score (nSPS) is 10.4. The van der Waals surface area contributed by atoms with E-state index in [1.54, 1.807) is 24.4 Å². The van der Waals surface area contributed by atoms with Crippen molar-refractivity contribution in [1.82, 2.24) is 9.97 Å². The molecule has 0 bridgehead atoms. The summed E-state index contributed by atoms with van der Waals surface area (Å²) in [5, 5.41) is 19.7. The molecular weight excluding hydrogens is 408 g/mol. The summed E-state index contributed by atoms with van der Waals surface area (Å²) in [6.45, 7) is -0.719. The summed E-state index contributed by atoms with van der Waals surface area (Å²) in [6.07, 6.45) is -0.913. The molecule has 0 amide bonds. The molecule has 1 aromatic carbocycles. The third-order valence-corrected chi connectivity index (χ3v) is 5.03. The Kier molecular flexibility index (Phi) is 6.79. The van der Waals surface area contributed by atoms with Crippen LogP contribution in [-0.2, 0) is 5.75 Å². The summed E-state index contributed by atoms with van der Waals surface area (Å²) >= 11 is 1.29. The summed E-state index contributed by atoms with van der Waals surface area (Å²) in [5.41, 5.74) is 7.96. The van der Waals surface area contributed by atoms with Crippen LogP contribution < -0.4 is 10.5 Å². The van der Waals surface area contributed by atoms with Gasteiger partial charge in [-0.15, -0.1) is 0 Å². The van der Waals surface area contributed by atoms with Gasteiger partial charge in [0.15, 0.2) is 0 Å². The maximum atomic E-state index is 12.3. The van der Waals surface area contributed by atoms with Gasteiger partial charge in [-0.05, 0) is 29.8 Å². The second-order valence-corrected chi connectivity index (χ2v) is 6.95. The van der Waals surface area contributed by atoms with Gasteiger partial charge in [-0.2, -0.15) is 10.5 Å². The van der Waals surface area contributed by atoms with Gasteiger partial charge in [0.25, 0.3) is 6.43 Å². The van der Waals surface area contributed by atoms with E-state index < -0.39 is 13.0 Å². The Morgan fingerprint density at radius 3 is 2.40 bits per heavy atom. The first kappa shape index (κ1) is 21.0. The third kappa shape index (κ3) is 4.83. The minimum atomic E-state index is -2.58. The quantitative estimate of drug-likeness (QED) is 0.561. The average molecular weight is 423 g/mol. The van der Waals surface area contributed by atoms with Crippen LogP contribution >= 0.6 is 11.8 Å². The van der Waals surface area contributed by atoms with E-state index in [2.05, 4.69) is 16.0 Å². The number of pyridine rings is 2. The molecule has 0 atom stereocenters. The minimum absolute atomic E-state index is 0.00745. The van der Waals surface area contributed by atoms with E-state index in [9.17, 15) is 19.3 Å². The maximum absolute atomic E-state index is 12.3. The number of rotatable bonds is 7. The van der Waals surface area contributed by atoms with Crippen LogP contribution in [0.2, 0.25) is 0 Å². The smallest absolute Gasteiger partial charge is 0.272 e. The predicted molar refractivity (Wildman–Crippen MR) is 109 cm³/mol. The van der Waals surface area contributed by atoms with Crippen molar-refractivity contribution in [2.45, 2.75) is 17.2 Å². The van der Waals surface area contributed by atoms with Gasteiger partial charge in [0.2, 0.25) is 0 Å². The molecule has 0 radical (unpaired) electrons. The summed E-state index contributed by atoms with van der Waals surface area (Å²) in [6, 6.07) is 15.8. The van der Waals surface area contributed by atoms with Crippen molar-refractivity contribution in [2.75, 3.05) is 12.3 Å². The number of alkyl halides is 2. The fraction of sp³-hybridized carbons (Fsp3) is 0.143. The highest BCUT2D eigenvalue weighted by Gasteiger charge is 2.20. The molecule has 150 valence electrons. The van der Waals surface area contributed by atoms with Crippen molar-refractivity contribution in [2.24, 2.45) is 0 Å². The molecule has 2 N–H and O–H groups in total. The first-order valence-electron chi connectivity index (χ1n) is 8.71. The van der Waals surface area contributed by atoms with E-state index in [1.807, 2.05) is 18.2 Å². The molecule has 30 heavy (non-hydrogen) atoms. The van der Waals surface area contributed by atoms with Gasteiger partial charge >= 0.3 is 0 Å². The van der Waals surface area contributed by atoms with E-state index in [1.165, 1.54) is 23.9 Å². The zero-order valence-corrected chi connectivity index (χ0v) is 16.4. The molecular formula is C21H15F2N5OS. The van der Waals surface area contributed by atoms with Crippen LogP contribution in [0.3, 0.4) is 0 Å². The molecule has 0 saturated heterocycles. The van der Waals surface area contributed by atoms with Gasteiger partial charge < -0.3 is 10.5 Å². The van der Waals surface area contributed by atoms with Crippen LogP contribution in [0.4, 0.5) is 14.6 Å². The van der Waals surface area contributed by atoms with E-state index >= 15 is 0 Å². The molecule has 3 aromatic rings. The van der Waals surface area contributed by atoms with Crippen LogP contribution in [0.5, 0.6) is 5.75 Å². The Bertz CT molecular complexity index is 1110. The summed E-state index contributed by atoms with van der Waals surface area (Å²) < 4.78 is 29.6. The van der Waals surface area contributed by atoms with Crippen molar-refractivity contribution in [3.05, 3.63) is 65.5 Å². The van der Waals surface area contributed by atoms with Crippen molar-refractivity contribution < 1.29 is 13.5 Å². The molecule has 0 aliphatic rings. The zero-order valence-electron chi connectivity index (χ0n) is 15.5. The fourth-order valence-corrected chi connectivity index (χ4v) is 3.60. The topological polar surface area (TPSA) is 109 Å². The highest BCUT2D eigenvalue weighted by Crippen LogP contribution is 2.37. The lowest BCUT2D eigenvalue weighted by atomic mass is 9.97. The van der Waals surface area contributed by atoms with Crippen LogP contribution in [0.15, 0.2) is 53.7 Å². The molecule has 0 fully saturated rings. The third-order valence-electron chi connectivity index (χ3n) is 4.02. The van der Waals surface area contributed by atoms with Crippen molar-refractivity contribution in [1.29, 1.82) is 10.5 Å². The molecule has 9 heteroatoms. The second kappa shape index (κ2) is 9.68. The first-order chi connectivity index (χ1) is 14.5. The Hall–Kier alpha value is -3.69. The summed E-state index contributed by atoms with van der Waals surface area (Å²) in [4.78, 5) is 8.49. The lowest BCUT2D eigenvalue weighted by molar-refractivity contribution is 0.0819. The highest BCUT2D eigenvalue weighted by molar-refractivity contribution is 7.98. The monoisotopic (exact) mass is 423 g/mol. The van der Waals surface area contributed by atoms with Gasteiger partial charge in [0.1, 0.15) is 40.9 Å².